The number of nitrogens with one attached hydrogen (secondary N) is 1. The maximum atomic E-state index is 12.1. The summed E-state index contributed by atoms with van der Waals surface area (Å²) in [4.78, 5) is 0. The Kier molecular flexibility index (Phi) is 7.04. The second-order valence-corrected chi connectivity index (χ2v) is 8.65. The highest BCUT2D eigenvalue weighted by Crippen LogP contribution is 2.17. The molecule has 0 amide bonds. The molecule has 1 aromatic carbocycles. The Morgan fingerprint density at radius 3 is 2.24 bits per heavy atom. The number of benzene rings is 1. The summed E-state index contributed by atoms with van der Waals surface area (Å²) in [5.41, 5.74) is 1.18. The van der Waals surface area contributed by atoms with Crippen molar-refractivity contribution in [3.05, 3.63) is 35.9 Å². The maximum Gasteiger partial charge on any atom is 0.0972 e. The zero-order valence-corrected chi connectivity index (χ0v) is 14.9. The number of ether oxygens (including phenoxy) is 1. The van der Waals surface area contributed by atoms with E-state index in [1.54, 1.807) is 0 Å². The summed E-state index contributed by atoms with van der Waals surface area (Å²) in [7, 11) is -1.05. The maximum absolute atomic E-state index is 12.1. The SMILES string of the molecule is CC(NS(=O)C(C)(C)C)C(C)C(C)OCc1ccccc1. The zero-order chi connectivity index (χ0) is 16.0. The Bertz CT molecular complexity index is 442. The standard InChI is InChI=1S/C17H29NO2S/c1-13(14(2)18-21(19)17(4,5)6)15(3)20-12-16-10-8-7-9-11-16/h7-11,13-15,18H,12H2,1-6H3. The van der Waals surface area contributed by atoms with Crippen molar-refractivity contribution in [2.75, 3.05) is 0 Å². The minimum Gasteiger partial charge on any atom is -0.373 e. The monoisotopic (exact) mass is 311 g/mol. The van der Waals surface area contributed by atoms with Crippen LogP contribution in [0.3, 0.4) is 0 Å². The van der Waals surface area contributed by atoms with Crippen LogP contribution in [0.1, 0.15) is 47.1 Å². The lowest BCUT2D eigenvalue weighted by Gasteiger charge is -2.29. The van der Waals surface area contributed by atoms with Gasteiger partial charge in [0.25, 0.3) is 0 Å². The van der Waals surface area contributed by atoms with Crippen molar-refractivity contribution < 1.29 is 8.95 Å². The van der Waals surface area contributed by atoms with Crippen molar-refractivity contribution in [3.63, 3.8) is 0 Å². The highest BCUT2D eigenvalue weighted by Gasteiger charge is 2.26. The smallest absolute Gasteiger partial charge is 0.0972 e. The number of rotatable bonds is 7. The van der Waals surface area contributed by atoms with E-state index >= 15 is 0 Å². The summed E-state index contributed by atoms with van der Waals surface area (Å²) in [5, 5.41) is 0. The minimum absolute atomic E-state index is 0.102. The summed E-state index contributed by atoms with van der Waals surface area (Å²) in [5.74, 6) is 0.278. The van der Waals surface area contributed by atoms with E-state index in [2.05, 4.69) is 37.6 Å². The molecule has 1 aromatic rings. The van der Waals surface area contributed by atoms with Crippen molar-refractivity contribution >= 4 is 11.0 Å². The lowest BCUT2D eigenvalue weighted by molar-refractivity contribution is 0.0114. The molecule has 21 heavy (non-hydrogen) atoms. The zero-order valence-electron chi connectivity index (χ0n) is 14.1. The molecule has 0 saturated heterocycles. The molecule has 1 rings (SSSR count). The van der Waals surface area contributed by atoms with Gasteiger partial charge in [0.1, 0.15) is 0 Å². The topological polar surface area (TPSA) is 38.3 Å². The third-order valence-electron chi connectivity index (χ3n) is 3.73. The first-order chi connectivity index (χ1) is 9.71. The Hall–Kier alpha value is -0.710. The van der Waals surface area contributed by atoms with Crippen molar-refractivity contribution in [1.29, 1.82) is 0 Å². The van der Waals surface area contributed by atoms with Crippen LogP contribution < -0.4 is 4.72 Å². The van der Waals surface area contributed by atoms with Crippen LogP contribution in [-0.4, -0.2) is 21.1 Å². The molecule has 1 N–H and O–H groups in total. The van der Waals surface area contributed by atoms with Crippen LogP contribution in [0.25, 0.3) is 0 Å². The molecule has 0 aromatic heterocycles. The fourth-order valence-electron chi connectivity index (χ4n) is 1.81. The molecule has 4 heteroatoms. The van der Waals surface area contributed by atoms with E-state index in [1.165, 1.54) is 5.56 Å². The van der Waals surface area contributed by atoms with E-state index in [1.807, 2.05) is 39.0 Å². The van der Waals surface area contributed by atoms with Gasteiger partial charge in [-0.2, -0.15) is 0 Å². The van der Waals surface area contributed by atoms with Gasteiger partial charge in [0, 0.05) is 6.04 Å². The van der Waals surface area contributed by atoms with Gasteiger partial charge in [0.05, 0.1) is 28.4 Å². The van der Waals surface area contributed by atoms with Gasteiger partial charge in [-0.25, -0.2) is 8.93 Å². The second-order valence-electron chi connectivity index (χ2n) is 6.65. The van der Waals surface area contributed by atoms with E-state index < -0.39 is 11.0 Å². The molecule has 0 aliphatic rings. The van der Waals surface area contributed by atoms with Gasteiger partial charge >= 0.3 is 0 Å². The molecule has 0 saturated carbocycles. The Morgan fingerprint density at radius 1 is 1.14 bits per heavy atom. The van der Waals surface area contributed by atoms with Crippen LogP contribution in [-0.2, 0) is 22.3 Å². The fraction of sp³-hybridized carbons (Fsp3) is 0.647. The van der Waals surface area contributed by atoms with Crippen LogP contribution >= 0.6 is 0 Å². The van der Waals surface area contributed by atoms with Gasteiger partial charge in [-0.15, -0.1) is 0 Å². The van der Waals surface area contributed by atoms with Crippen molar-refractivity contribution in [3.8, 4) is 0 Å². The predicted octanol–water partition coefficient (Wildman–Crippen LogP) is 3.67. The molecule has 0 spiro atoms. The molecular formula is C17H29NO2S. The second kappa shape index (κ2) is 8.06. The first-order valence-corrected chi connectivity index (χ1v) is 8.70. The fourth-order valence-corrected chi connectivity index (χ4v) is 2.72. The van der Waals surface area contributed by atoms with Gasteiger partial charge in [0.2, 0.25) is 0 Å². The Balaban J connectivity index is 2.46. The number of hydrogen-bond acceptors (Lipinski definition) is 2. The summed E-state index contributed by atoms with van der Waals surface area (Å²) in [6.45, 7) is 12.8. The molecule has 0 aliphatic heterocycles. The van der Waals surface area contributed by atoms with Gasteiger partial charge in [-0.05, 0) is 46.1 Å². The Morgan fingerprint density at radius 2 is 1.71 bits per heavy atom. The van der Waals surface area contributed by atoms with E-state index in [0.29, 0.717) is 6.61 Å². The first-order valence-electron chi connectivity index (χ1n) is 7.55. The molecular weight excluding hydrogens is 282 g/mol. The van der Waals surface area contributed by atoms with Crippen LogP contribution in [0.4, 0.5) is 0 Å². The molecule has 4 unspecified atom stereocenters. The van der Waals surface area contributed by atoms with Crippen molar-refractivity contribution in [2.45, 2.75) is 65.0 Å². The third kappa shape index (κ3) is 6.29. The summed E-state index contributed by atoms with van der Waals surface area (Å²) in [6, 6.07) is 10.3. The summed E-state index contributed by atoms with van der Waals surface area (Å²) in [6.07, 6.45) is 0.102. The lowest BCUT2D eigenvalue weighted by Crippen LogP contribution is -2.44. The number of hydrogen-bond donors (Lipinski definition) is 1. The average molecular weight is 311 g/mol. The van der Waals surface area contributed by atoms with Crippen LogP contribution in [0.2, 0.25) is 0 Å². The largest absolute Gasteiger partial charge is 0.373 e. The molecule has 0 heterocycles. The first kappa shape index (κ1) is 18.3. The minimum atomic E-state index is -1.05. The van der Waals surface area contributed by atoms with E-state index in [0.717, 1.165) is 0 Å². The van der Waals surface area contributed by atoms with Gasteiger partial charge in [-0.3, -0.25) is 0 Å². The molecule has 3 nitrogen and oxygen atoms in total. The molecule has 0 bridgehead atoms. The molecule has 4 atom stereocenters. The molecule has 0 aliphatic carbocycles. The van der Waals surface area contributed by atoms with Gasteiger partial charge in [-0.1, -0.05) is 37.3 Å². The lowest BCUT2D eigenvalue weighted by atomic mass is 9.99. The molecule has 120 valence electrons. The van der Waals surface area contributed by atoms with E-state index in [-0.39, 0.29) is 22.8 Å². The van der Waals surface area contributed by atoms with Crippen LogP contribution in [0.5, 0.6) is 0 Å². The normalized spacial score (nSPS) is 18.0. The molecule has 0 radical (unpaired) electrons. The van der Waals surface area contributed by atoms with Gasteiger partial charge in [0.15, 0.2) is 0 Å². The third-order valence-corrected chi connectivity index (χ3v) is 5.43. The van der Waals surface area contributed by atoms with Crippen molar-refractivity contribution in [1.82, 2.24) is 4.72 Å². The quantitative estimate of drug-likeness (QED) is 0.834. The highest BCUT2D eigenvalue weighted by atomic mass is 32.2. The van der Waals surface area contributed by atoms with E-state index in [4.69, 9.17) is 4.74 Å². The predicted molar refractivity (Wildman–Crippen MR) is 90.4 cm³/mol. The van der Waals surface area contributed by atoms with Crippen LogP contribution in [0, 0.1) is 5.92 Å². The summed E-state index contributed by atoms with van der Waals surface area (Å²) >= 11 is 0. The Labute approximate surface area is 132 Å². The van der Waals surface area contributed by atoms with Crippen molar-refractivity contribution in [2.24, 2.45) is 5.92 Å². The highest BCUT2D eigenvalue weighted by molar-refractivity contribution is 7.84. The van der Waals surface area contributed by atoms with E-state index in [9.17, 15) is 4.21 Å². The van der Waals surface area contributed by atoms with Gasteiger partial charge < -0.3 is 4.74 Å². The van der Waals surface area contributed by atoms with Crippen LogP contribution in [0.15, 0.2) is 30.3 Å². The average Bonchev–Trinajstić information content (AvgIpc) is 2.43. The molecule has 0 fully saturated rings. The summed E-state index contributed by atoms with van der Waals surface area (Å²) < 4.78 is 21.0.